The highest BCUT2D eigenvalue weighted by molar-refractivity contribution is 5.87. The van der Waals surface area contributed by atoms with Gasteiger partial charge in [-0.15, -0.1) is 0 Å². The normalized spacial score (nSPS) is 13.2. The number of nitrogens with one attached hydrogen (secondary N) is 1. The van der Waals surface area contributed by atoms with Crippen molar-refractivity contribution in [2.45, 2.75) is 78.9 Å². The molecule has 1 rings (SSSR count). The molecule has 0 aliphatic carbocycles. The first kappa shape index (κ1) is 20.2. The fraction of sp³-hybridized carbons (Fsp3) is 0.600. The molecule has 0 fully saturated rings. The summed E-state index contributed by atoms with van der Waals surface area (Å²) in [6.07, 6.45) is 2.75. The quantitative estimate of drug-likeness (QED) is 0.747. The van der Waals surface area contributed by atoms with Gasteiger partial charge in [0, 0.05) is 19.0 Å². The number of nitrogens with zero attached hydrogens (tertiary/aromatic N) is 1. The van der Waals surface area contributed by atoms with Gasteiger partial charge in [-0.25, -0.2) is 0 Å². The van der Waals surface area contributed by atoms with Crippen LogP contribution in [-0.4, -0.2) is 28.8 Å². The Balaban J connectivity index is 3.01. The van der Waals surface area contributed by atoms with Crippen molar-refractivity contribution in [1.82, 2.24) is 10.2 Å². The maximum Gasteiger partial charge on any atom is 0.243 e. The van der Waals surface area contributed by atoms with E-state index in [1.54, 1.807) is 4.90 Å². The Hall–Kier alpha value is -1.84. The molecule has 4 nitrogen and oxygen atoms in total. The fourth-order valence-electron chi connectivity index (χ4n) is 2.73. The Morgan fingerprint density at radius 2 is 1.88 bits per heavy atom. The van der Waals surface area contributed by atoms with Crippen LogP contribution in [0.25, 0.3) is 0 Å². The van der Waals surface area contributed by atoms with Crippen LogP contribution < -0.4 is 5.32 Å². The molecule has 24 heavy (non-hydrogen) atoms. The number of hydrogen-bond donors (Lipinski definition) is 1. The molecular formula is C20H32N2O2. The van der Waals surface area contributed by atoms with Gasteiger partial charge in [0.2, 0.25) is 11.8 Å². The molecule has 0 heterocycles. The van der Waals surface area contributed by atoms with Gasteiger partial charge in [0.15, 0.2) is 0 Å². The smallest absolute Gasteiger partial charge is 0.243 e. The second-order valence-corrected chi connectivity index (χ2v) is 6.50. The van der Waals surface area contributed by atoms with Crippen LogP contribution in [0.2, 0.25) is 0 Å². The number of rotatable bonds is 9. The van der Waals surface area contributed by atoms with E-state index in [4.69, 9.17) is 0 Å². The molecule has 0 aliphatic heterocycles. The molecule has 0 aliphatic rings. The number of aryl methyl sites for hydroxylation is 1. The number of hydrogen-bond acceptors (Lipinski definition) is 2. The Bertz CT molecular complexity index is 542. The van der Waals surface area contributed by atoms with Crippen molar-refractivity contribution < 1.29 is 9.59 Å². The summed E-state index contributed by atoms with van der Waals surface area (Å²) in [5.74, 6) is -0.00545. The summed E-state index contributed by atoms with van der Waals surface area (Å²) >= 11 is 0. The number of benzene rings is 1. The van der Waals surface area contributed by atoms with Crippen molar-refractivity contribution in [3.05, 3.63) is 35.4 Å². The highest BCUT2D eigenvalue weighted by atomic mass is 16.2. The van der Waals surface area contributed by atoms with Crippen LogP contribution in [0.3, 0.4) is 0 Å². The van der Waals surface area contributed by atoms with Crippen molar-refractivity contribution in [1.29, 1.82) is 0 Å². The van der Waals surface area contributed by atoms with Gasteiger partial charge in [-0.05, 0) is 38.7 Å². The maximum absolute atomic E-state index is 12.6. The zero-order chi connectivity index (χ0) is 18.1. The van der Waals surface area contributed by atoms with Crippen LogP contribution in [0.1, 0.15) is 64.5 Å². The maximum atomic E-state index is 12.6. The van der Waals surface area contributed by atoms with Gasteiger partial charge in [-0.1, -0.05) is 50.6 Å². The molecule has 1 aromatic rings. The predicted octanol–water partition coefficient (Wildman–Crippen LogP) is 3.82. The van der Waals surface area contributed by atoms with Crippen LogP contribution in [0.5, 0.6) is 0 Å². The molecule has 0 radical (unpaired) electrons. The lowest BCUT2D eigenvalue weighted by Crippen LogP contribution is -2.50. The molecule has 134 valence electrons. The fourth-order valence-corrected chi connectivity index (χ4v) is 2.73. The summed E-state index contributed by atoms with van der Waals surface area (Å²) in [7, 11) is 0. The van der Waals surface area contributed by atoms with Gasteiger partial charge in [-0.3, -0.25) is 9.59 Å². The predicted molar refractivity (Wildman–Crippen MR) is 98.6 cm³/mol. The second kappa shape index (κ2) is 10.1. The zero-order valence-corrected chi connectivity index (χ0v) is 15.8. The van der Waals surface area contributed by atoms with E-state index in [1.165, 1.54) is 0 Å². The highest BCUT2D eigenvalue weighted by Crippen LogP contribution is 2.15. The van der Waals surface area contributed by atoms with Crippen molar-refractivity contribution in [2.24, 2.45) is 0 Å². The van der Waals surface area contributed by atoms with Crippen LogP contribution in [0.4, 0.5) is 0 Å². The Morgan fingerprint density at radius 3 is 2.42 bits per heavy atom. The lowest BCUT2D eigenvalue weighted by atomic mass is 10.1. The minimum absolute atomic E-state index is 0.0464. The first-order chi connectivity index (χ1) is 11.4. The van der Waals surface area contributed by atoms with E-state index >= 15 is 0 Å². The molecule has 0 saturated carbocycles. The van der Waals surface area contributed by atoms with Gasteiger partial charge in [0.25, 0.3) is 0 Å². The molecule has 0 saturated heterocycles. The lowest BCUT2D eigenvalue weighted by Gasteiger charge is -2.31. The van der Waals surface area contributed by atoms with E-state index in [1.807, 2.05) is 52.8 Å². The molecule has 0 bridgehead atoms. The minimum atomic E-state index is -0.418. The monoisotopic (exact) mass is 332 g/mol. The van der Waals surface area contributed by atoms with Crippen molar-refractivity contribution >= 4 is 11.8 Å². The van der Waals surface area contributed by atoms with Crippen molar-refractivity contribution in [2.75, 3.05) is 0 Å². The number of carbonyl (C=O) groups excluding carboxylic acids is 2. The number of amides is 2. The molecule has 1 aromatic carbocycles. The molecular weight excluding hydrogens is 300 g/mol. The third-order valence-corrected chi connectivity index (χ3v) is 4.29. The van der Waals surface area contributed by atoms with Crippen LogP contribution in [-0.2, 0) is 16.1 Å². The third kappa shape index (κ3) is 5.99. The minimum Gasteiger partial charge on any atom is -0.352 e. The van der Waals surface area contributed by atoms with E-state index in [9.17, 15) is 9.59 Å². The molecule has 2 atom stereocenters. The molecule has 0 unspecified atom stereocenters. The average Bonchev–Trinajstić information content (AvgIpc) is 2.54. The summed E-state index contributed by atoms with van der Waals surface area (Å²) in [5, 5.41) is 3.02. The van der Waals surface area contributed by atoms with E-state index in [-0.39, 0.29) is 17.9 Å². The zero-order valence-electron chi connectivity index (χ0n) is 15.8. The molecule has 1 N–H and O–H groups in total. The summed E-state index contributed by atoms with van der Waals surface area (Å²) in [6.45, 7) is 10.5. The third-order valence-electron chi connectivity index (χ3n) is 4.29. The van der Waals surface area contributed by atoms with Crippen molar-refractivity contribution in [3.63, 3.8) is 0 Å². The van der Waals surface area contributed by atoms with Gasteiger partial charge in [0.05, 0.1) is 0 Å². The topological polar surface area (TPSA) is 49.4 Å². The molecule has 4 heteroatoms. The largest absolute Gasteiger partial charge is 0.352 e. The second-order valence-electron chi connectivity index (χ2n) is 6.50. The SMILES string of the molecule is CCCC(=O)N(Cc1cccc(C)c1)[C@@H](CC)C(=O)N[C@H](C)CC. The van der Waals surface area contributed by atoms with Crippen LogP contribution in [0, 0.1) is 6.92 Å². The molecule has 0 aromatic heterocycles. The van der Waals surface area contributed by atoms with Crippen molar-refractivity contribution in [3.8, 4) is 0 Å². The van der Waals surface area contributed by atoms with Gasteiger partial charge >= 0.3 is 0 Å². The molecule has 2 amide bonds. The van der Waals surface area contributed by atoms with Gasteiger partial charge in [0.1, 0.15) is 6.04 Å². The van der Waals surface area contributed by atoms with Gasteiger partial charge in [-0.2, -0.15) is 0 Å². The van der Waals surface area contributed by atoms with Crippen LogP contribution in [0.15, 0.2) is 24.3 Å². The van der Waals surface area contributed by atoms with E-state index < -0.39 is 6.04 Å². The van der Waals surface area contributed by atoms with E-state index in [0.717, 1.165) is 24.0 Å². The van der Waals surface area contributed by atoms with E-state index in [0.29, 0.717) is 19.4 Å². The number of carbonyl (C=O) groups is 2. The lowest BCUT2D eigenvalue weighted by molar-refractivity contribution is -0.141. The van der Waals surface area contributed by atoms with Gasteiger partial charge < -0.3 is 10.2 Å². The first-order valence-electron chi connectivity index (χ1n) is 9.08. The average molecular weight is 332 g/mol. The first-order valence-corrected chi connectivity index (χ1v) is 9.08. The summed E-state index contributed by atoms with van der Waals surface area (Å²) in [4.78, 5) is 27.0. The Kier molecular flexibility index (Phi) is 8.51. The Morgan fingerprint density at radius 1 is 1.17 bits per heavy atom. The summed E-state index contributed by atoms with van der Waals surface area (Å²) < 4.78 is 0. The summed E-state index contributed by atoms with van der Waals surface area (Å²) in [5.41, 5.74) is 2.22. The van der Waals surface area contributed by atoms with Crippen LogP contribution >= 0.6 is 0 Å². The van der Waals surface area contributed by atoms with E-state index in [2.05, 4.69) is 11.4 Å². The Labute approximate surface area is 146 Å². The molecule has 0 spiro atoms. The summed E-state index contributed by atoms with van der Waals surface area (Å²) in [6, 6.07) is 7.82. The highest BCUT2D eigenvalue weighted by Gasteiger charge is 2.28. The standard InChI is InChI=1S/C20H32N2O2/c1-6-10-19(23)22(14-17-12-9-11-15(4)13-17)18(8-3)20(24)21-16(5)7-2/h9,11-13,16,18H,6-8,10,14H2,1-5H3,(H,21,24)/t16-,18+/m1/s1.